The van der Waals surface area contributed by atoms with Crippen LogP contribution in [0.25, 0.3) is 65.5 Å². The number of aromatic nitrogens is 2. The van der Waals surface area contributed by atoms with Crippen LogP contribution in [0, 0.1) is 22.7 Å². The molecule has 0 N–H and O–H groups in total. The first-order valence-corrected chi connectivity index (χ1v) is 12.3. The second-order valence-electron chi connectivity index (χ2n) is 9.59. The minimum absolute atomic E-state index is 0.0893. The Morgan fingerprint density at radius 1 is 0.553 bits per heavy atom. The topological polar surface area (TPSA) is 74.0 Å². The van der Waals surface area contributed by atoms with Gasteiger partial charge in [-0.2, -0.15) is 10.5 Å². The van der Waals surface area contributed by atoms with Gasteiger partial charge < -0.3 is 4.40 Å². The maximum atomic E-state index is 14.5. The molecule has 3 aromatic heterocycles. The smallest absolute Gasteiger partial charge is 0.264 e. The first-order valence-electron chi connectivity index (χ1n) is 12.3. The van der Waals surface area contributed by atoms with Crippen LogP contribution in [0.2, 0.25) is 0 Å². The summed E-state index contributed by atoms with van der Waals surface area (Å²) in [5.74, 6) is 0. The molecular formula is C33H16N4O. The zero-order valence-corrected chi connectivity index (χ0v) is 19.9. The van der Waals surface area contributed by atoms with E-state index < -0.39 is 0 Å². The third-order valence-electron chi connectivity index (χ3n) is 7.68. The Labute approximate surface area is 215 Å². The summed E-state index contributed by atoms with van der Waals surface area (Å²) < 4.78 is 3.90. The van der Waals surface area contributed by atoms with Crippen molar-refractivity contribution < 1.29 is 0 Å². The molecule has 0 amide bonds. The van der Waals surface area contributed by atoms with Crippen molar-refractivity contribution in [1.82, 2.24) is 8.97 Å². The molecule has 0 saturated carbocycles. The van der Waals surface area contributed by atoms with E-state index in [2.05, 4.69) is 28.7 Å². The van der Waals surface area contributed by atoms with Crippen LogP contribution < -0.4 is 5.56 Å². The summed E-state index contributed by atoms with van der Waals surface area (Å²) in [7, 11) is 0. The van der Waals surface area contributed by atoms with Gasteiger partial charge in [-0.05, 0) is 53.9 Å². The van der Waals surface area contributed by atoms with Crippen LogP contribution in [-0.4, -0.2) is 8.97 Å². The van der Waals surface area contributed by atoms with Crippen LogP contribution in [0.5, 0.6) is 0 Å². The summed E-state index contributed by atoms with van der Waals surface area (Å²) in [6, 6.07) is 35.7. The molecule has 0 aliphatic carbocycles. The number of fused-ring (bicyclic) bond motifs is 10. The van der Waals surface area contributed by atoms with Gasteiger partial charge in [0.25, 0.3) is 5.56 Å². The Morgan fingerprint density at radius 3 is 1.92 bits per heavy atom. The van der Waals surface area contributed by atoms with E-state index in [1.165, 1.54) is 0 Å². The highest BCUT2D eigenvalue weighted by Gasteiger charge is 2.24. The number of hydrogen-bond acceptors (Lipinski definition) is 3. The Morgan fingerprint density at radius 2 is 1.18 bits per heavy atom. The second-order valence-corrected chi connectivity index (χ2v) is 9.59. The van der Waals surface area contributed by atoms with E-state index in [0.29, 0.717) is 16.5 Å². The predicted molar refractivity (Wildman–Crippen MR) is 151 cm³/mol. The fraction of sp³-hybridized carbons (Fsp3) is 0. The third kappa shape index (κ3) is 2.45. The van der Waals surface area contributed by atoms with Crippen LogP contribution in [0.15, 0.2) is 102 Å². The lowest BCUT2D eigenvalue weighted by Gasteiger charge is -2.14. The third-order valence-corrected chi connectivity index (χ3v) is 7.68. The number of rotatable bonds is 1. The maximum absolute atomic E-state index is 14.5. The molecule has 0 aliphatic rings. The molecule has 5 heteroatoms. The van der Waals surface area contributed by atoms with Gasteiger partial charge in [-0.15, -0.1) is 0 Å². The molecule has 5 nitrogen and oxygen atoms in total. The largest absolute Gasteiger partial charge is 0.308 e. The van der Waals surface area contributed by atoms with E-state index in [9.17, 15) is 15.3 Å². The van der Waals surface area contributed by atoms with Gasteiger partial charge in [-0.25, -0.2) is 0 Å². The van der Waals surface area contributed by atoms with Crippen LogP contribution in [0.1, 0.15) is 11.1 Å². The molecule has 8 aromatic rings. The molecule has 0 saturated heterocycles. The number of hydrogen-bond donors (Lipinski definition) is 0. The average Bonchev–Trinajstić information content (AvgIpc) is 3.48. The molecule has 3 heterocycles. The van der Waals surface area contributed by atoms with Gasteiger partial charge in [0.1, 0.15) is 0 Å². The number of para-hydroxylation sites is 2. The van der Waals surface area contributed by atoms with E-state index in [-0.39, 0.29) is 5.56 Å². The lowest BCUT2D eigenvalue weighted by molar-refractivity contribution is 1.06. The summed E-state index contributed by atoms with van der Waals surface area (Å²) in [6.45, 7) is 0. The minimum atomic E-state index is -0.0893. The fourth-order valence-corrected chi connectivity index (χ4v) is 6.14. The molecule has 0 unspecified atom stereocenters. The molecule has 8 rings (SSSR count). The summed E-state index contributed by atoms with van der Waals surface area (Å²) in [4.78, 5) is 14.5. The summed E-state index contributed by atoms with van der Waals surface area (Å²) in [5.41, 5.74) is 5.33. The quantitative estimate of drug-likeness (QED) is 0.235. The molecule has 5 aromatic carbocycles. The highest BCUT2D eigenvalue weighted by Crippen LogP contribution is 2.44. The van der Waals surface area contributed by atoms with E-state index in [1.54, 1.807) is 10.6 Å². The van der Waals surface area contributed by atoms with Gasteiger partial charge in [0.05, 0.1) is 50.7 Å². The molecule has 0 bridgehead atoms. The van der Waals surface area contributed by atoms with Gasteiger partial charge in [0.2, 0.25) is 0 Å². The molecule has 0 spiro atoms. The van der Waals surface area contributed by atoms with Crippen molar-refractivity contribution in [3.05, 3.63) is 119 Å². The van der Waals surface area contributed by atoms with Crippen LogP contribution >= 0.6 is 0 Å². The van der Waals surface area contributed by atoms with Crippen molar-refractivity contribution >= 4 is 59.8 Å². The van der Waals surface area contributed by atoms with Crippen molar-refractivity contribution in [2.45, 2.75) is 0 Å². The van der Waals surface area contributed by atoms with Gasteiger partial charge in [-0.1, -0.05) is 48.5 Å². The normalized spacial score (nSPS) is 11.7. The molecule has 0 atom stereocenters. The highest BCUT2D eigenvalue weighted by atomic mass is 16.1. The molecular weight excluding hydrogens is 468 g/mol. The number of pyridine rings is 1. The highest BCUT2D eigenvalue weighted by molar-refractivity contribution is 6.33. The van der Waals surface area contributed by atoms with Crippen LogP contribution in [-0.2, 0) is 0 Å². The maximum Gasteiger partial charge on any atom is 0.264 e. The number of nitriles is 2. The predicted octanol–water partition coefficient (Wildman–Crippen LogP) is 7.04. The Kier molecular flexibility index (Phi) is 3.89. The van der Waals surface area contributed by atoms with Crippen LogP contribution in [0.4, 0.5) is 0 Å². The number of benzene rings is 5. The molecule has 0 aliphatic heterocycles. The van der Waals surface area contributed by atoms with Gasteiger partial charge in [-0.3, -0.25) is 9.36 Å². The van der Waals surface area contributed by atoms with Gasteiger partial charge in [0.15, 0.2) is 0 Å². The van der Waals surface area contributed by atoms with Crippen molar-refractivity contribution in [3.63, 3.8) is 0 Å². The van der Waals surface area contributed by atoms with Gasteiger partial charge >= 0.3 is 0 Å². The molecule has 174 valence electrons. The standard InChI is InChI=1S/C33H16N4O/c34-17-19-10-12-23-26-16-25-22-8-4-5-9-27(22)36(21-6-2-1-3-7-21)33(38)31(25)30-24-13-11-20(18-35)15-29(24)37(32(26)30)28(23)14-19/h1-16H. The van der Waals surface area contributed by atoms with E-state index in [1.807, 2.05) is 78.9 Å². The lowest BCUT2D eigenvalue weighted by Crippen LogP contribution is -2.19. The second kappa shape index (κ2) is 7.20. The first kappa shape index (κ1) is 20.5. The zero-order valence-electron chi connectivity index (χ0n) is 19.9. The van der Waals surface area contributed by atoms with Crippen molar-refractivity contribution in [2.75, 3.05) is 0 Å². The fourth-order valence-electron chi connectivity index (χ4n) is 6.14. The molecule has 0 fully saturated rings. The van der Waals surface area contributed by atoms with E-state index in [0.717, 1.165) is 60.1 Å². The Hall–Kier alpha value is -5.65. The summed E-state index contributed by atoms with van der Waals surface area (Å²) in [5, 5.41) is 25.6. The monoisotopic (exact) mass is 484 g/mol. The summed E-state index contributed by atoms with van der Waals surface area (Å²) >= 11 is 0. The Balaban J connectivity index is 1.74. The lowest BCUT2D eigenvalue weighted by atomic mass is 9.97. The van der Waals surface area contributed by atoms with Crippen molar-refractivity contribution in [3.8, 4) is 17.8 Å². The van der Waals surface area contributed by atoms with Gasteiger partial charge in [0, 0.05) is 32.6 Å². The van der Waals surface area contributed by atoms with E-state index >= 15 is 0 Å². The van der Waals surface area contributed by atoms with E-state index in [4.69, 9.17) is 0 Å². The zero-order chi connectivity index (χ0) is 25.5. The first-order chi connectivity index (χ1) is 18.7. The summed E-state index contributed by atoms with van der Waals surface area (Å²) in [6.07, 6.45) is 0. The SMILES string of the molecule is N#Cc1ccc2c3cc4c5ccccc5n(-c5ccccc5)c(=O)c4c4c5ccc(C#N)cc5n(c2c1)c34. The number of nitrogens with zero attached hydrogens (tertiary/aromatic N) is 4. The average molecular weight is 485 g/mol. The van der Waals surface area contributed by atoms with Crippen molar-refractivity contribution in [2.24, 2.45) is 0 Å². The molecule has 0 radical (unpaired) electrons. The molecule has 38 heavy (non-hydrogen) atoms. The minimum Gasteiger partial charge on any atom is -0.308 e. The Bertz CT molecular complexity index is 2430. The van der Waals surface area contributed by atoms with Crippen LogP contribution in [0.3, 0.4) is 0 Å². The van der Waals surface area contributed by atoms with Crippen molar-refractivity contribution in [1.29, 1.82) is 10.5 Å².